The number of carbonyl (C=O) groups excluding carboxylic acids is 1. The first kappa shape index (κ1) is 20.6. The van der Waals surface area contributed by atoms with Crippen molar-refractivity contribution in [2.45, 2.75) is 39.4 Å². The SMILES string of the molecule is Cc1noc2nc(C(C)C)cc(C(=O)NCc3ccnc(OCC(F)(F)F)c3)c12. The molecule has 3 aromatic rings. The van der Waals surface area contributed by atoms with E-state index in [0.29, 0.717) is 27.9 Å². The van der Waals surface area contributed by atoms with Crippen LogP contribution in [0.25, 0.3) is 11.1 Å². The lowest BCUT2D eigenvalue weighted by Gasteiger charge is -2.11. The monoisotopic (exact) mass is 408 g/mol. The lowest BCUT2D eigenvalue weighted by Crippen LogP contribution is -2.24. The van der Waals surface area contributed by atoms with Crippen molar-refractivity contribution in [3.63, 3.8) is 0 Å². The van der Waals surface area contributed by atoms with Gasteiger partial charge >= 0.3 is 6.18 Å². The summed E-state index contributed by atoms with van der Waals surface area (Å²) in [6.45, 7) is 4.24. The number of aryl methyl sites for hydroxylation is 1. The largest absolute Gasteiger partial charge is 0.468 e. The summed E-state index contributed by atoms with van der Waals surface area (Å²) < 4.78 is 46.7. The summed E-state index contributed by atoms with van der Waals surface area (Å²) >= 11 is 0. The minimum absolute atomic E-state index is 0.0740. The minimum Gasteiger partial charge on any atom is -0.468 e. The second kappa shape index (κ2) is 8.06. The summed E-state index contributed by atoms with van der Waals surface area (Å²) in [7, 11) is 0. The van der Waals surface area contributed by atoms with Gasteiger partial charge < -0.3 is 14.6 Å². The number of rotatable bonds is 6. The van der Waals surface area contributed by atoms with Gasteiger partial charge in [0.25, 0.3) is 11.6 Å². The Kier molecular flexibility index (Phi) is 5.71. The van der Waals surface area contributed by atoms with Crippen molar-refractivity contribution < 1.29 is 27.2 Å². The van der Waals surface area contributed by atoms with Gasteiger partial charge in [-0.05, 0) is 30.5 Å². The smallest absolute Gasteiger partial charge is 0.422 e. The van der Waals surface area contributed by atoms with Crippen molar-refractivity contribution in [2.75, 3.05) is 6.61 Å². The van der Waals surface area contributed by atoms with Crippen LogP contribution in [0.15, 0.2) is 28.9 Å². The fourth-order valence-electron chi connectivity index (χ4n) is 2.66. The van der Waals surface area contributed by atoms with Gasteiger partial charge in [0, 0.05) is 24.5 Å². The van der Waals surface area contributed by atoms with Crippen molar-refractivity contribution in [3.8, 4) is 5.88 Å². The quantitative estimate of drug-likeness (QED) is 0.665. The highest BCUT2D eigenvalue weighted by Crippen LogP contribution is 2.25. The van der Waals surface area contributed by atoms with Crippen LogP contribution in [0.4, 0.5) is 13.2 Å². The molecule has 154 valence electrons. The number of pyridine rings is 2. The molecule has 0 aliphatic heterocycles. The van der Waals surface area contributed by atoms with Crippen molar-refractivity contribution in [2.24, 2.45) is 0 Å². The van der Waals surface area contributed by atoms with Gasteiger partial charge in [0.05, 0.1) is 16.6 Å². The van der Waals surface area contributed by atoms with Crippen molar-refractivity contribution >= 4 is 17.0 Å². The molecule has 0 saturated carbocycles. The van der Waals surface area contributed by atoms with E-state index in [1.165, 1.54) is 12.3 Å². The second-order valence-electron chi connectivity index (χ2n) is 6.79. The number of amides is 1. The number of halogens is 3. The molecule has 0 spiro atoms. The molecule has 0 radical (unpaired) electrons. The number of hydrogen-bond donors (Lipinski definition) is 1. The van der Waals surface area contributed by atoms with Gasteiger partial charge in [0.2, 0.25) is 5.88 Å². The average Bonchev–Trinajstić information content (AvgIpc) is 3.04. The fraction of sp³-hybridized carbons (Fsp3) is 0.368. The summed E-state index contributed by atoms with van der Waals surface area (Å²) in [5.41, 5.74) is 2.43. The van der Waals surface area contributed by atoms with Gasteiger partial charge in [0.15, 0.2) is 6.61 Å². The van der Waals surface area contributed by atoms with Crippen LogP contribution in [0.3, 0.4) is 0 Å². The zero-order chi connectivity index (χ0) is 21.2. The highest BCUT2D eigenvalue weighted by atomic mass is 19.4. The third-order valence-corrected chi connectivity index (χ3v) is 4.11. The number of aromatic nitrogens is 3. The van der Waals surface area contributed by atoms with E-state index in [-0.39, 0.29) is 30.0 Å². The molecule has 0 aliphatic rings. The maximum atomic E-state index is 12.8. The Hall–Kier alpha value is -3.17. The van der Waals surface area contributed by atoms with Crippen LogP contribution in [0.5, 0.6) is 5.88 Å². The normalized spacial score (nSPS) is 11.8. The van der Waals surface area contributed by atoms with Crippen LogP contribution >= 0.6 is 0 Å². The van der Waals surface area contributed by atoms with E-state index in [1.54, 1.807) is 19.1 Å². The molecule has 7 nitrogen and oxygen atoms in total. The molecule has 3 heterocycles. The van der Waals surface area contributed by atoms with E-state index >= 15 is 0 Å². The van der Waals surface area contributed by atoms with Gasteiger partial charge in [0.1, 0.15) is 0 Å². The predicted molar refractivity (Wildman–Crippen MR) is 97.6 cm³/mol. The molecule has 0 unspecified atom stereocenters. The number of ether oxygens (including phenoxy) is 1. The molecule has 0 aromatic carbocycles. The number of alkyl halides is 3. The molecule has 29 heavy (non-hydrogen) atoms. The first-order chi connectivity index (χ1) is 13.6. The Balaban J connectivity index is 1.77. The van der Waals surface area contributed by atoms with Crippen LogP contribution in [-0.4, -0.2) is 33.8 Å². The van der Waals surface area contributed by atoms with Gasteiger partial charge in [-0.1, -0.05) is 19.0 Å². The summed E-state index contributed by atoms with van der Waals surface area (Å²) in [6.07, 6.45) is -3.14. The second-order valence-corrected chi connectivity index (χ2v) is 6.79. The van der Waals surface area contributed by atoms with Gasteiger partial charge in [-0.2, -0.15) is 13.2 Å². The lowest BCUT2D eigenvalue weighted by atomic mass is 10.0. The molecule has 0 aliphatic carbocycles. The molecule has 0 atom stereocenters. The van der Waals surface area contributed by atoms with Crippen LogP contribution in [0, 0.1) is 6.92 Å². The first-order valence-electron chi connectivity index (χ1n) is 8.83. The maximum absolute atomic E-state index is 12.8. The van der Waals surface area contributed by atoms with Gasteiger partial charge in [-0.25, -0.2) is 9.97 Å². The van der Waals surface area contributed by atoms with E-state index in [2.05, 4.69) is 25.2 Å². The standard InChI is InChI=1S/C19H19F3N4O3/c1-10(2)14-7-13(16-11(3)26-29-18(16)25-14)17(27)24-8-12-4-5-23-15(6-12)28-9-19(20,21)22/h4-7,10H,8-9H2,1-3H3,(H,24,27). The number of fused-ring (bicyclic) bond motifs is 1. The van der Waals surface area contributed by atoms with E-state index in [1.807, 2.05) is 13.8 Å². The summed E-state index contributed by atoms with van der Waals surface area (Å²) in [4.78, 5) is 20.9. The number of carbonyl (C=O) groups is 1. The number of hydrogen-bond acceptors (Lipinski definition) is 6. The molecule has 0 fully saturated rings. The third-order valence-electron chi connectivity index (χ3n) is 4.11. The van der Waals surface area contributed by atoms with Crippen LogP contribution in [0.1, 0.15) is 47.1 Å². The average molecular weight is 408 g/mol. The Morgan fingerprint density at radius 2 is 2.07 bits per heavy atom. The van der Waals surface area contributed by atoms with E-state index in [4.69, 9.17) is 4.52 Å². The lowest BCUT2D eigenvalue weighted by molar-refractivity contribution is -0.154. The zero-order valence-electron chi connectivity index (χ0n) is 16.0. The topological polar surface area (TPSA) is 90.1 Å². The summed E-state index contributed by atoms with van der Waals surface area (Å²) in [5, 5.41) is 7.15. The highest BCUT2D eigenvalue weighted by molar-refractivity contribution is 6.06. The number of nitrogens with zero attached hydrogens (tertiary/aromatic N) is 3. The highest BCUT2D eigenvalue weighted by Gasteiger charge is 2.28. The van der Waals surface area contributed by atoms with Crippen LogP contribution in [0.2, 0.25) is 0 Å². The van der Waals surface area contributed by atoms with Crippen molar-refractivity contribution in [1.82, 2.24) is 20.4 Å². The Morgan fingerprint density at radius 3 is 2.76 bits per heavy atom. The van der Waals surface area contributed by atoms with Crippen LogP contribution in [-0.2, 0) is 6.54 Å². The molecular formula is C19H19F3N4O3. The van der Waals surface area contributed by atoms with E-state index in [0.717, 1.165) is 0 Å². The van der Waals surface area contributed by atoms with Crippen LogP contribution < -0.4 is 10.1 Å². The summed E-state index contributed by atoms with van der Waals surface area (Å²) in [5.74, 6) is -0.470. The molecule has 10 heteroatoms. The Labute approximate surface area is 164 Å². The maximum Gasteiger partial charge on any atom is 0.422 e. The molecule has 3 rings (SSSR count). The van der Waals surface area contributed by atoms with E-state index < -0.39 is 12.8 Å². The molecule has 0 bridgehead atoms. The molecule has 1 N–H and O–H groups in total. The summed E-state index contributed by atoms with van der Waals surface area (Å²) in [6, 6.07) is 4.61. The molecular weight excluding hydrogens is 389 g/mol. The van der Waals surface area contributed by atoms with Gasteiger partial charge in [-0.15, -0.1) is 0 Å². The zero-order valence-corrected chi connectivity index (χ0v) is 16.0. The number of nitrogens with one attached hydrogen (secondary N) is 1. The Bertz CT molecular complexity index is 1030. The first-order valence-corrected chi connectivity index (χ1v) is 8.83. The Morgan fingerprint density at radius 1 is 1.31 bits per heavy atom. The fourth-order valence-corrected chi connectivity index (χ4v) is 2.66. The van der Waals surface area contributed by atoms with Crippen molar-refractivity contribution in [3.05, 3.63) is 46.9 Å². The molecule has 0 saturated heterocycles. The van der Waals surface area contributed by atoms with Gasteiger partial charge in [-0.3, -0.25) is 4.79 Å². The van der Waals surface area contributed by atoms with E-state index in [9.17, 15) is 18.0 Å². The third kappa shape index (κ3) is 5.01. The predicted octanol–water partition coefficient (Wildman–Crippen LogP) is 3.92. The van der Waals surface area contributed by atoms with Crippen molar-refractivity contribution in [1.29, 1.82) is 0 Å². The molecule has 1 amide bonds. The minimum atomic E-state index is -4.46. The molecule has 3 aromatic heterocycles.